The van der Waals surface area contributed by atoms with Crippen LogP contribution in [0.1, 0.15) is 18.2 Å². The summed E-state index contributed by atoms with van der Waals surface area (Å²) in [6.07, 6.45) is 2.63. The van der Waals surface area contributed by atoms with Crippen LogP contribution >= 0.6 is 39.1 Å². The van der Waals surface area contributed by atoms with Crippen molar-refractivity contribution in [1.82, 2.24) is 9.55 Å². The number of halogens is 3. The summed E-state index contributed by atoms with van der Waals surface area (Å²) in [7, 11) is 0. The summed E-state index contributed by atoms with van der Waals surface area (Å²) in [5.74, 6) is 0.261. The predicted molar refractivity (Wildman–Crippen MR) is 78.2 cm³/mol. The van der Waals surface area contributed by atoms with Crippen LogP contribution in [0, 0.1) is 0 Å². The lowest BCUT2D eigenvalue weighted by Crippen LogP contribution is -2.33. The normalized spacial score (nSPS) is 27.2. The Kier molecular flexibility index (Phi) is 4.89. The van der Waals surface area contributed by atoms with E-state index in [0.717, 1.165) is 0 Å². The van der Waals surface area contributed by atoms with Gasteiger partial charge in [0.05, 0.1) is 22.9 Å². The number of ether oxygens (including phenoxy) is 1. The van der Waals surface area contributed by atoms with E-state index in [1.807, 2.05) is 0 Å². The van der Waals surface area contributed by atoms with E-state index in [-0.39, 0.29) is 17.4 Å². The lowest BCUT2D eigenvalue weighted by Gasteiger charge is -2.14. The van der Waals surface area contributed by atoms with E-state index in [1.54, 1.807) is 6.08 Å². The Morgan fingerprint density at radius 3 is 2.89 bits per heavy atom. The summed E-state index contributed by atoms with van der Waals surface area (Å²) >= 11 is 14.9. The fourth-order valence-electron chi connectivity index (χ4n) is 1.90. The maximum atomic E-state index is 11.8. The van der Waals surface area contributed by atoms with Crippen LogP contribution < -0.4 is 11.2 Å². The summed E-state index contributed by atoms with van der Waals surface area (Å²) < 4.78 is 6.93. The van der Waals surface area contributed by atoms with Crippen molar-refractivity contribution in [2.45, 2.75) is 24.1 Å². The van der Waals surface area contributed by atoms with Crippen LogP contribution in [0.5, 0.6) is 0 Å². The number of nitrogens with one attached hydrogen (secondary N) is 1. The molecule has 0 unspecified atom stereocenters. The maximum absolute atomic E-state index is 11.8. The molecule has 2 rings (SSSR count). The molecule has 2 heterocycles. The average Bonchev–Trinajstić information content (AvgIpc) is 2.74. The number of H-pyrrole nitrogens is 1. The minimum absolute atomic E-state index is 0.253. The molecule has 8 heteroatoms. The first-order valence-corrected chi connectivity index (χ1v) is 7.43. The lowest BCUT2D eigenvalue weighted by atomic mass is 10.2. The molecule has 1 aliphatic heterocycles. The molecule has 0 saturated carbocycles. The van der Waals surface area contributed by atoms with Gasteiger partial charge in [-0.05, 0) is 11.1 Å². The van der Waals surface area contributed by atoms with Gasteiger partial charge in [-0.3, -0.25) is 14.3 Å². The summed E-state index contributed by atoms with van der Waals surface area (Å²) in [4.78, 5) is 27.1. The smallest absolute Gasteiger partial charge is 0.330 e. The van der Waals surface area contributed by atoms with Crippen molar-refractivity contribution < 1.29 is 4.74 Å². The van der Waals surface area contributed by atoms with Crippen molar-refractivity contribution in [1.29, 1.82) is 0 Å². The third-order valence-corrected chi connectivity index (χ3v) is 3.89. The van der Waals surface area contributed by atoms with E-state index >= 15 is 0 Å². The highest BCUT2D eigenvalue weighted by Gasteiger charge is 2.34. The molecule has 1 N–H and O–H groups in total. The monoisotopic (exact) mass is 368 g/mol. The van der Waals surface area contributed by atoms with E-state index in [4.69, 9.17) is 27.9 Å². The second-order valence-electron chi connectivity index (χ2n) is 4.08. The Hall–Kier alpha value is -0.560. The molecule has 5 nitrogen and oxygen atoms in total. The van der Waals surface area contributed by atoms with Crippen LogP contribution in [0.3, 0.4) is 0 Å². The topological polar surface area (TPSA) is 64.1 Å². The van der Waals surface area contributed by atoms with Gasteiger partial charge in [-0.1, -0.05) is 15.9 Å². The zero-order valence-corrected chi connectivity index (χ0v) is 12.8. The average molecular weight is 370 g/mol. The number of aromatic nitrogens is 2. The molecule has 0 radical (unpaired) electrons. The van der Waals surface area contributed by atoms with Gasteiger partial charge in [-0.25, -0.2) is 4.79 Å². The van der Waals surface area contributed by atoms with Crippen molar-refractivity contribution in [3.05, 3.63) is 37.6 Å². The van der Waals surface area contributed by atoms with Gasteiger partial charge in [0.2, 0.25) is 0 Å². The van der Waals surface area contributed by atoms with Crippen molar-refractivity contribution in [3.8, 4) is 0 Å². The molecule has 1 aliphatic rings. The van der Waals surface area contributed by atoms with Gasteiger partial charge in [-0.15, -0.1) is 23.2 Å². The highest BCUT2D eigenvalue weighted by atomic mass is 79.9. The first kappa shape index (κ1) is 14.8. The molecule has 104 valence electrons. The molecule has 1 aromatic heterocycles. The molecule has 19 heavy (non-hydrogen) atoms. The Labute approximate surface area is 127 Å². The Morgan fingerprint density at radius 2 is 2.32 bits per heavy atom. The zero-order chi connectivity index (χ0) is 14.0. The molecule has 0 spiro atoms. The van der Waals surface area contributed by atoms with Crippen LogP contribution in [0.2, 0.25) is 0 Å². The van der Waals surface area contributed by atoms with Gasteiger partial charge in [0.15, 0.2) is 0 Å². The van der Waals surface area contributed by atoms with Crippen LogP contribution in [-0.4, -0.2) is 26.9 Å². The van der Waals surface area contributed by atoms with Crippen LogP contribution in [0.25, 0.3) is 6.08 Å². The molecule has 0 bridgehead atoms. The van der Waals surface area contributed by atoms with Gasteiger partial charge in [-0.2, -0.15) is 0 Å². The highest BCUT2D eigenvalue weighted by molar-refractivity contribution is 9.11. The molecule has 1 aromatic rings. The largest absolute Gasteiger partial charge is 0.352 e. The van der Waals surface area contributed by atoms with Gasteiger partial charge in [0.25, 0.3) is 5.56 Å². The van der Waals surface area contributed by atoms with Crippen LogP contribution in [0.4, 0.5) is 0 Å². The van der Waals surface area contributed by atoms with Crippen molar-refractivity contribution >= 4 is 45.2 Å². The number of hydrogen-bond donors (Lipinski definition) is 1. The van der Waals surface area contributed by atoms with E-state index in [9.17, 15) is 9.59 Å². The second kappa shape index (κ2) is 6.26. The van der Waals surface area contributed by atoms with Gasteiger partial charge in [0, 0.05) is 12.6 Å². The number of rotatable bonds is 3. The van der Waals surface area contributed by atoms with Crippen LogP contribution in [0.15, 0.2) is 20.8 Å². The van der Waals surface area contributed by atoms with Gasteiger partial charge < -0.3 is 4.74 Å². The fraction of sp³-hybridized carbons (Fsp3) is 0.455. The molecular formula is C11H11BrCl2N2O3. The maximum Gasteiger partial charge on any atom is 0.330 e. The first-order chi connectivity index (χ1) is 9.06. The summed E-state index contributed by atoms with van der Waals surface area (Å²) in [6, 6.07) is 0. The predicted octanol–water partition coefficient (Wildman–Crippen LogP) is 2.04. The molecule has 3 atom stereocenters. The standard InChI is InChI=1S/C11H11BrCl2N2O3/c12-2-1-6-5-16(11(18)15-10(6)17)9-3-7(14)8(4-13)19-9/h1-2,5,7-9H,3-4H2,(H,15,17,18)/b2-1+/t7-,8+,9+/m0/s1. The fourth-order valence-corrected chi connectivity index (χ4v) is 2.87. The van der Waals surface area contributed by atoms with E-state index in [2.05, 4.69) is 20.9 Å². The molecule has 0 aromatic carbocycles. The lowest BCUT2D eigenvalue weighted by molar-refractivity contribution is 0.00978. The van der Waals surface area contributed by atoms with Gasteiger partial charge >= 0.3 is 5.69 Å². The molecule has 1 saturated heterocycles. The third-order valence-electron chi connectivity index (χ3n) is 2.86. The molecule has 0 amide bonds. The molecule has 0 aliphatic carbocycles. The number of hydrogen-bond acceptors (Lipinski definition) is 3. The van der Waals surface area contributed by atoms with Crippen molar-refractivity contribution in [2.75, 3.05) is 5.88 Å². The third kappa shape index (κ3) is 3.13. The zero-order valence-electron chi connectivity index (χ0n) is 9.68. The molecule has 1 fully saturated rings. The summed E-state index contributed by atoms with van der Waals surface area (Å²) in [5.41, 5.74) is -0.632. The van der Waals surface area contributed by atoms with Gasteiger partial charge in [0.1, 0.15) is 6.23 Å². The van der Waals surface area contributed by atoms with E-state index in [1.165, 1.54) is 15.7 Å². The Morgan fingerprint density at radius 1 is 1.58 bits per heavy atom. The second-order valence-corrected chi connectivity index (χ2v) is 5.48. The van der Waals surface area contributed by atoms with Crippen molar-refractivity contribution in [2.24, 2.45) is 0 Å². The Bertz CT molecular complexity index is 598. The van der Waals surface area contributed by atoms with Crippen molar-refractivity contribution in [3.63, 3.8) is 0 Å². The minimum Gasteiger partial charge on any atom is -0.352 e. The molecular weight excluding hydrogens is 359 g/mol. The number of nitrogens with zero attached hydrogens (tertiary/aromatic N) is 1. The highest BCUT2D eigenvalue weighted by Crippen LogP contribution is 2.31. The Balaban J connectivity index is 2.38. The van der Waals surface area contributed by atoms with E-state index < -0.39 is 17.5 Å². The number of aromatic amines is 1. The SMILES string of the molecule is O=c1[nH]c(=O)n([C@H]2C[C@H](Cl)[C@@H](CCl)O2)cc1/C=C/Br. The number of alkyl halides is 2. The van der Waals surface area contributed by atoms with E-state index in [0.29, 0.717) is 12.0 Å². The first-order valence-electron chi connectivity index (χ1n) is 5.54. The summed E-state index contributed by atoms with van der Waals surface area (Å²) in [5, 5.41) is -0.253. The van der Waals surface area contributed by atoms with Crippen LogP contribution in [-0.2, 0) is 4.74 Å². The summed E-state index contributed by atoms with van der Waals surface area (Å²) in [6.45, 7) is 0. The minimum atomic E-state index is -0.527. The quantitative estimate of drug-likeness (QED) is 0.829.